The molecule has 1 atom stereocenters. The zero-order valence-corrected chi connectivity index (χ0v) is 10.2. The predicted molar refractivity (Wildman–Crippen MR) is 67.0 cm³/mol. The van der Waals surface area contributed by atoms with E-state index >= 15 is 0 Å². The summed E-state index contributed by atoms with van der Waals surface area (Å²) in [7, 11) is 0. The zero-order valence-electron chi connectivity index (χ0n) is 10.2. The van der Waals surface area contributed by atoms with Crippen LogP contribution in [0.4, 0.5) is 13.2 Å². The van der Waals surface area contributed by atoms with Crippen LogP contribution in [0, 0.1) is 0 Å². The summed E-state index contributed by atoms with van der Waals surface area (Å²) >= 11 is 0. The molecule has 5 heteroatoms. The summed E-state index contributed by atoms with van der Waals surface area (Å²) in [5, 5.41) is 4.03. The van der Waals surface area contributed by atoms with Crippen molar-refractivity contribution in [2.75, 3.05) is 13.1 Å². The summed E-state index contributed by atoms with van der Waals surface area (Å²) in [6.45, 7) is 1.85. The van der Waals surface area contributed by atoms with Crippen LogP contribution in [0.2, 0.25) is 0 Å². The van der Waals surface area contributed by atoms with Crippen molar-refractivity contribution < 1.29 is 13.2 Å². The van der Waals surface area contributed by atoms with Crippen molar-refractivity contribution in [3.8, 4) is 0 Å². The van der Waals surface area contributed by atoms with Gasteiger partial charge in [0.25, 0.3) is 0 Å². The lowest BCUT2D eigenvalue weighted by Gasteiger charge is -2.13. The summed E-state index contributed by atoms with van der Waals surface area (Å²) in [5.74, 6) is 0.388. The van der Waals surface area contributed by atoms with E-state index in [0.29, 0.717) is 11.3 Å². The van der Waals surface area contributed by atoms with Crippen LogP contribution in [-0.4, -0.2) is 18.1 Å². The molecule has 19 heavy (non-hydrogen) atoms. The maximum absolute atomic E-state index is 12.9. The molecule has 1 aromatic carbocycles. The van der Waals surface area contributed by atoms with Gasteiger partial charge in [-0.15, -0.1) is 0 Å². The second-order valence-corrected chi connectivity index (χ2v) is 4.86. The highest BCUT2D eigenvalue weighted by molar-refractivity contribution is 5.86. The summed E-state index contributed by atoms with van der Waals surface area (Å²) in [6, 6.07) is 5.19. The summed E-state index contributed by atoms with van der Waals surface area (Å²) in [5.41, 5.74) is 0.416. The van der Waals surface area contributed by atoms with Crippen molar-refractivity contribution in [1.29, 1.82) is 0 Å². The molecular weight excluding hydrogens is 253 g/mol. The third-order valence-corrected chi connectivity index (χ3v) is 3.62. The van der Waals surface area contributed by atoms with Gasteiger partial charge in [-0.3, -0.25) is 4.98 Å². The van der Waals surface area contributed by atoms with E-state index in [1.54, 1.807) is 12.1 Å². The average molecular weight is 266 g/mol. The largest absolute Gasteiger partial charge is 0.418 e. The highest BCUT2D eigenvalue weighted by Crippen LogP contribution is 2.35. The molecule has 1 unspecified atom stereocenters. The van der Waals surface area contributed by atoms with Crippen molar-refractivity contribution in [3.63, 3.8) is 0 Å². The Hall–Kier alpha value is -1.62. The Morgan fingerprint density at radius 1 is 1.21 bits per heavy atom. The Labute approximate surface area is 108 Å². The normalized spacial score (nSPS) is 20.1. The van der Waals surface area contributed by atoms with Crippen LogP contribution >= 0.6 is 0 Å². The molecule has 2 heterocycles. The van der Waals surface area contributed by atoms with E-state index in [9.17, 15) is 13.2 Å². The number of fused-ring (bicyclic) bond motifs is 1. The van der Waals surface area contributed by atoms with E-state index in [1.807, 2.05) is 6.07 Å². The number of alkyl halides is 3. The fraction of sp³-hybridized carbons (Fsp3) is 0.357. The summed E-state index contributed by atoms with van der Waals surface area (Å²) in [4.78, 5) is 3.71. The minimum atomic E-state index is -4.36. The Kier molecular flexibility index (Phi) is 2.93. The molecule has 2 aromatic rings. The minimum absolute atomic E-state index is 0.220. The van der Waals surface area contributed by atoms with Crippen LogP contribution in [0.1, 0.15) is 23.5 Å². The maximum Gasteiger partial charge on any atom is 0.418 e. The van der Waals surface area contributed by atoms with Crippen LogP contribution in [0.15, 0.2) is 30.6 Å². The molecule has 0 bridgehead atoms. The smallest absolute Gasteiger partial charge is 0.316 e. The first-order chi connectivity index (χ1) is 9.05. The van der Waals surface area contributed by atoms with Crippen molar-refractivity contribution in [2.24, 2.45) is 0 Å². The number of rotatable bonds is 1. The topological polar surface area (TPSA) is 24.9 Å². The number of halogens is 3. The fourth-order valence-electron chi connectivity index (χ4n) is 2.61. The molecule has 3 rings (SSSR count). The standard InChI is InChI=1S/C14H13F3N2/c15-14(16,17)13-8-19-7-11-5-9(1-2-12(11)13)10-3-4-18-6-10/h1-2,5,7-8,10,18H,3-4,6H2. The zero-order chi connectivity index (χ0) is 13.5. The molecule has 0 spiro atoms. The third-order valence-electron chi connectivity index (χ3n) is 3.62. The lowest BCUT2D eigenvalue weighted by Crippen LogP contribution is -2.08. The molecule has 1 aromatic heterocycles. The Morgan fingerprint density at radius 3 is 2.74 bits per heavy atom. The van der Waals surface area contributed by atoms with Crippen LogP contribution in [0.5, 0.6) is 0 Å². The van der Waals surface area contributed by atoms with E-state index in [0.717, 1.165) is 31.3 Å². The van der Waals surface area contributed by atoms with E-state index in [4.69, 9.17) is 0 Å². The minimum Gasteiger partial charge on any atom is -0.316 e. The predicted octanol–water partition coefficient (Wildman–Crippen LogP) is 3.33. The van der Waals surface area contributed by atoms with Gasteiger partial charge in [0.15, 0.2) is 0 Å². The molecule has 0 saturated carbocycles. The molecule has 0 amide bonds. The lowest BCUT2D eigenvalue weighted by molar-refractivity contribution is -0.136. The van der Waals surface area contributed by atoms with Gasteiger partial charge in [0.05, 0.1) is 5.56 Å². The van der Waals surface area contributed by atoms with Crippen LogP contribution in [0.3, 0.4) is 0 Å². The summed E-state index contributed by atoms with van der Waals surface area (Å²) in [6.07, 6.45) is -0.948. The van der Waals surface area contributed by atoms with Crippen molar-refractivity contribution in [1.82, 2.24) is 10.3 Å². The molecule has 1 saturated heterocycles. The van der Waals surface area contributed by atoms with E-state index in [-0.39, 0.29) is 5.39 Å². The molecule has 100 valence electrons. The van der Waals surface area contributed by atoms with E-state index in [2.05, 4.69) is 10.3 Å². The summed E-state index contributed by atoms with van der Waals surface area (Å²) < 4.78 is 38.6. The van der Waals surface area contributed by atoms with Gasteiger partial charge < -0.3 is 5.32 Å². The first-order valence-corrected chi connectivity index (χ1v) is 6.21. The van der Waals surface area contributed by atoms with Gasteiger partial charge in [0.2, 0.25) is 0 Å². The molecule has 1 N–H and O–H groups in total. The highest BCUT2D eigenvalue weighted by atomic mass is 19.4. The molecule has 2 nitrogen and oxygen atoms in total. The lowest BCUT2D eigenvalue weighted by atomic mass is 9.95. The Balaban J connectivity index is 2.09. The molecular formula is C14H13F3N2. The first kappa shape index (κ1) is 12.4. The van der Waals surface area contributed by atoms with Crippen LogP contribution < -0.4 is 5.32 Å². The van der Waals surface area contributed by atoms with Crippen LogP contribution in [0.25, 0.3) is 10.8 Å². The van der Waals surface area contributed by atoms with Gasteiger partial charge in [-0.25, -0.2) is 0 Å². The van der Waals surface area contributed by atoms with Crippen LogP contribution in [-0.2, 0) is 6.18 Å². The molecule has 0 aliphatic carbocycles. The van der Waals surface area contributed by atoms with Crippen molar-refractivity contribution in [3.05, 3.63) is 41.7 Å². The number of hydrogen-bond donors (Lipinski definition) is 1. The highest BCUT2D eigenvalue weighted by Gasteiger charge is 2.33. The third kappa shape index (κ3) is 2.30. The van der Waals surface area contributed by atoms with Gasteiger partial charge >= 0.3 is 6.18 Å². The number of nitrogens with zero attached hydrogens (tertiary/aromatic N) is 1. The van der Waals surface area contributed by atoms with Gasteiger partial charge in [-0.05, 0) is 35.9 Å². The monoisotopic (exact) mass is 266 g/mol. The number of aromatic nitrogens is 1. The average Bonchev–Trinajstić information content (AvgIpc) is 2.90. The molecule has 1 aliphatic heterocycles. The number of hydrogen-bond acceptors (Lipinski definition) is 2. The maximum atomic E-state index is 12.9. The van der Waals surface area contributed by atoms with E-state index in [1.165, 1.54) is 6.20 Å². The number of pyridine rings is 1. The van der Waals surface area contributed by atoms with Crippen molar-refractivity contribution in [2.45, 2.75) is 18.5 Å². The molecule has 0 radical (unpaired) electrons. The van der Waals surface area contributed by atoms with Gasteiger partial charge in [-0.2, -0.15) is 13.2 Å². The van der Waals surface area contributed by atoms with Gasteiger partial charge in [0, 0.05) is 24.3 Å². The van der Waals surface area contributed by atoms with Gasteiger partial charge in [0.1, 0.15) is 0 Å². The van der Waals surface area contributed by atoms with E-state index < -0.39 is 11.7 Å². The molecule has 1 aliphatic rings. The second kappa shape index (κ2) is 4.49. The van der Waals surface area contributed by atoms with Gasteiger partial charge in [-0.1, -0.05) is 12.1 Å². The fourth-order valence-corrected chi connectivity index (χ4v) is 2.61. The number of nitrogens with one attached hydrogen (secondary N) is 1. The Morgan fingerprint density at radius 2 is 2.05 bits per heavy atom. The quantitative estimate of drug-likeness (QED) is 0.856. The van der Waals surface area contributed by atoms with Crippen molar-refractivity contribution >= 4 is 10.8 Å². The first-order valence-electron chi connectivity index (χ1n) is 6.21. The molecule has 1 fully saturated rings. The second-order valence-electron chi connectivity index (χ2n) is 4.86. The Bertz CT molecular complexity index is 601. The SMILES string of the molecule is FC(F)(F)c1cncc2cc(C3CCNC3)ccc12. The number of benzene rings is 1.